The average molecular weight is 234 g/mol. The molecule has 0 fully saturated rings. The van der Waals surface area contributed by atoms with Crippen LogP contribution in [0.2, 0.25) is 0 Å². The largest absolute Gasteiger partial charge is 0.329 e. The van der Waals surface area contributed by atoms with E-state index in [2.05, 4.69) is 30.5 Å². The van der Waals surface area contributed by atoms with E-state index in [1.54, 1.807) is 0 Å². The van der Waals surface area contributed by atoms with Gasteiger partial charge in [-0.3, -0.25) is 0 Å². The van der Waals surface area contributed by atoms with Crippen LogP contribution in [0.4, 0.5) is 10.5 Å². The molecule has 17 heavy (non-hydrogen) atoms. The van der Waals surface area contributed by atoms with Crippen molar-refractivity contribution in [3.8, 4) is 0 Å². The Labute approximate surface area is 104 Å². The summed E-state index contributed by atoms with van der Waals surface area (Å²) in [6.07, 6.45) is 2.00. The molecule has 0 spiro atoms. The Morgan fingerprint density at radius 3 is 2.53 bits per heavy atom. The van der Waals surface area contributed by atoms with Gasteiger partial charge in [-0.2, -0.15) is 0 Å². The van der Waals surface area contributed by atoms with Gasteiger partial charge in [-0.05, 0) is 19.4 Å². The first-order valence-corrected chi connectivity index (χ1v) is 6.34. The van der Waals surface area contributed by atoms with E-state index in [9.17, 15) is 4.79 Å². The monoisotopic (exact) mass is 234 g/mol. The van der Waals surface area contributed by atoms with Crippen molar-refractivity contribution in [2.45, 2.75) is 46.1 Å². The fourth-order valence-electron chi connectivity index (χ4n) is 2.24. The summed E-state index contributed by atoms with van der Waals surface area (Å²) < 4.78 is 0. The molecule has 1 unspecified atom stereocenters. The first-order chi connectivity index (χ1) is 8.15. The molecule has 2 amide bonds. The predicted octanol–water partition coefficient (Wildman–Crippen LogP) is 3.86. The summed E-state index contributed by atoms with van der Waals surface area (Å²) in [5.41, 5.74) is 1.87. The Bertz CT molecular complexity index is 390. The quantitative estimate of drug-likeness (QED) is 0.801. The van der Waals surface area contributed by atoms with Crippen LogP contribution in [0.15, 0.2) is 24.3 Å². The van der Waals surface area contributed by atoms with Crippen molar-refractivity contribution >= 4 is 11.7 Å². The van der Waals surface area contributed by atoms with Crippen molar-refractivity contribution in [1.82, 2.24) is 5.32 Å². The molecule has 1 aliphatic heterocycles. The molecule has 0 aromatic heterocycles. The van der Waals surface area contributed by atoms with E-state index in [0.29, 0.717) is 0 Å². The molecule has 3 nitrogen and oxygen atoms in total. The summed E-state index contributed by atoms with van der Waals surface area (Å²) >= 11 is 0. The molecular weight excluding hydrogens is 212 g/mol. The number of amides is 2. The van der Waals surface area contributed by atoms with Crippen LogP contribution in [0.25, 0.3) is 0 Å². The van der Waals surface area contributed by atoms with Gasteiger partial charge in [0.05, 0.1) is 5.54 Å². The van der Waals surface area contributed by atoms with Crippen LogP contribution in [0.3, 0.4) is 0 Å². The Kier molecular flexibility index (Phi) is 4.55. The Hall–Kier alpha value is -1.51. The minimum absolute atomic E-state index is 0.107. The molecule has 0 aliphatic carbocycles. The zero-order chi connectivity index (χ0) is 12.9. The summed E-state index contributed by atoms with van der Waals surface area (Å²) in [6.45, 7) is 8.20. The van der Waals surface area contributed by atoms with Gasteiger partial charge in [0.2, 0.25) is 0 Å². The van der Waals surface area contributed by atoms with Gasteiger partial charge >= 0.3 is 6.03 Å². The van der Waals surface area contributed by atoms with Crippen LogP contribution in [0.1, 0.15) is 46.1 Å². The molecule has 2 N–H and O–H groups in total. The zero-order valence-corrected chi connectivity index (χ0v) is 11.1. The number of anilines is 1. The summed E-state index contributed by atoms with van der Waals surface area (Å²) in [5, 5.41) is 5.82. The first kappa shape index (κ1) is 13.6. The van der Waals surface area contributed by atoms with E-state index in [1.807, 2.05) is 32.0 Å². The second kappa shape index (κ2) is 5.71. The van der Waals surface area contributed by atoms with Gasteiger partial charge in [-0.1, -0.05) is 45.4 Å². The lowest BCUT2D eigenvalue weighted by Gasteiger charge is -2.36. The summed E-state index contributed by atoms with van der Waals surface area (Å²) in [5.74, 6) is 0. The Balaban J connectivity index is 0.000000686. The van der Waals surface area contributed by atoms with Gasteiger partial charge in [0.1, 0.15) is 0 Å². The summed E-state index contributed by atoms with van der Waals surface area (Å²) in [7, 11) is 0. The van der Waals surface area contributed by atoms with Crippen LogP contribution in [0.5, 0.6) is 0 Å². The van der Waals surface area contributed by atoms with Gasteiger partial charge in [0.15, 0.2) is 0 Å². The van der Waals surface area contributed by atoms with Gasteiger partial charge in [-0.15, -0.1) is 0 Å². The number of carbonyl (C=O) groups is 1. The maximum Gasteiger partial charge on any atom is 0.319 e. The van der Waals surface area contributed by atoms with Gasteiger partial charge in [0.25, 0.3) is 0 Å². The van der Waals surface area contributed by atoms with Crippen LogP contribution in [-0.2, 0) is 5.54 Å². The Morgan fingerprint density at radius 2 is 1.88 bits per heavy atom. The number of nitrogens with one attached hydrogen (secondary N) is 2. The molecule has 94 valence electrons. The number of hydrogen-bond donors (Lipinski definition) is 2. The Morgan fingerprint density at radius 1 is 1.24 bits per heavy atom. The number of para-hydroxylation sites is 1. The fraction of sp³-hybridized carbons (Fsp3) is 0.500. The molecule has 1 heterocycles. The van der Waals surface area contributed by atoms with E-state index in [1.165, 1.54) is 5.56 Å². The lowest BCUT2D eigenvalue weighted by Crippen LogP contribution is -2.49. The van der Waals surface area contributed by atoms with Crippen LogP contribution >= 0.6 is 0 Å². The lowest BCUT2D eigenvalue weighted by atomic mass is 9.85. The highest BCUT2D eigenvalue weighted by Crippen LogP contribution is 2.34. The maximum atomic E-state index is 11.5. The number of hydrogen-bond acceptors (Lipinski definition) is 1. The maximum absolute atomic E-state index is 11.5. The molecule has 1 aromatic rings. The second-order valence-corrected chi connectivity index (χ2v) is 4.21. The molecular formula is C14H22N2O. The van der Waals surface area contributed by atoms with Crippen LogP contribution < -0.4 is 10.6 Å². The zero-order valence-electron chi connectivity index (χ0n) is 11.1. The molecule has 1 aliphatic rings. The van der Waals surface area contributed by atoms with Crippen LogP contribution in [0, 0.1) is 0 Å². The van der Waals surface area contributed by atoms with Crippen molar-refractivity contribution in [1.29, 1.82) is 0 Å². The highest BCUT2D eigenvalue weighted by molar-refractivity contribution is 5.93. The molecule has 0 bridgehead atoms. The molecule has 2 rings (SSSR count). The number of rotatable bonds is 2. The van der Waals surface area contributed by atoms with E-state index < -0.39 is 0 Å². The van der Waals surface area contributed by atoms with E-state index in [-0.39, 0.29) is 11.6 Å². The molecule has 0 saturated carbocycles. The van der Waals surface area contributed by atoms with Crippen molar-refractivity contribution in [3.63, 3.8) is 0 Å². The number of urea groups is 1. The van der Waals surface area contributed by atoms with Gasteiger partial charge in [-0.25, -0.2) is 4.79 Å². The fourth-order valence-corrected chi connectivity index (χ4v) is 2.24. The highest BCUT2D eigenvalue weighted by Gasteiger charge is 2.33. The third-order valence-electron chi connectivity index (χ3n) is 2.91. The minimum Gasteiger partial charge on any atom is -0.329 e. The van der Waals surface area contributed by atoms with Crippen molar-refractivity contribution < 1.29 is 4.79 Å². The van der Waals surface area contributed by atoms with Crippen molar-refractivity contribution in [2.75, 3.05) is 5.32 Å². The lowest BCUT2D eigenvalue weighted by molar-refractivity contribution is 0.233. The minimum atomic E-state index is -0.228. The number of benzene rings is 1. The normalized spacial score (nSPS) is 21.5. The van der Waals surface area contributed by atoms with Crippen molar-refractivity contribution in [3.05, 3.63) is 29.8 Å². The predicted molar refractivity (Wildman–Crippen MR) is 72.2 cm³/mol. The van der Waals surface area contributed by atoms with E-state index >= 15 is 0 Å². The standard InChI is InChI=1S/C12H16N2O.C2H6/c1-3-8-12(2)9-6-4-5-7-10(9)13-11(15)14-12;1-2/h4-7H,3,8H2,1-2H3,(H2,13,14,15);1-2H3. The highest BCUT2D eigenvalue weighted by atomic mass is 16.2. The first-order valence-electron chi connectivity index (χ1n) is 6.34. The van der Waals surface area contributed by atoms with Crippen molar-refractivity contribution in [2.24, 2.45) is 0 Å². The smallest absolute Gasteiger partial charge is 0.319 e. The molecule has 0 saturated heterocycles. The molecule has 3 heteroatoms. The third-order valence-corrected chi connectivity index (χ3v) is 2.91. The molecule has 0 radical (unpaired) electrons. The van der Waals surface area contributed by atoms with Crippen LogP contribution in [-0.4, -0.2) is 6.03 Å². The second-order valence-electron chi connectivity index (χ2n) is 4.21. The third kappa shape index (κ3) is 2.78. The average Bonchev–Trinajstić information content (AvgIpc) is 2.31. The number of carbonyl (C=O) groups excluding carboxylic acids is 1. The summed E-state index contributed by atoms with van der Waals surface area (Å²) in [6, 6.07) is 7.85. The van der Waals surface area contributed by atoms with E-state index in [4.69, 9.17) is 0 Å². The topological polar surface area (TPSA) is 41.1 Å². The van der Waals surface area contributed by atoms with E-state index in [0.717, 1.165) is 18.5 Å². The summed E-state index contributed by atoms with van der Waals surface area (Å²) in [4.78, 5) is 11.5. The SMILES string of the molecule is CC.CCCC1(C)NC(=O)Nc2ccccc21. The van der Waals surface area contributed by atoms with Gasteiger partial charge in [0, 0.05) is 11.3 Å². The molecule has 1 atom stereocenters. The number of fused-ring (bicyclic) bond motifs is 1. The molecule has 1 aromatic carbocycles. The van der Waals surface area contributed by atoms with Gasteiger partial charge < -0.3 is 10.6 Å².